The summed E-state index contributed by atoms with van der Waals surface area (Å²) < 4.78 is 75.9. The van der Waals surface area contributed by atoms with Crippen LogP contribution in [0.1, 0.15) is 40.2 Å². The maximum Gasteiger partial charge on any atom is 1.00 e. The molecule has 0 heterocycles. The molecule has 0 fully saturated rings. The molecule has 0 aromatic heterocycles. The SMILES string of the molecule is CCN(CC)c1ccc(C(=C2C=CC(=[N+](CC)CC)C=C2)c2c(S(=O)(=O)[O-])ccc3ccc(S(=O)(=O)[O-])cc23)cc1.[H+]. The van der Waals surface area contributed by atoms with E-state index in [4.69, 9.17) is 0 Å². The van der Waals surface area contributed by atoms with E-state index in [1.165, 1.54) is 24.3 Å². The molecule has 0 saturated heterocycles. The van der Waals surface area contributed by atoms with Crippen LogP contribution in [0.4, 0.5) is 5.69 Å². The van der Waals surface area contributed by atoms with Gasteiger partial charge in [0.1, 0.15) is 33.3 Å². The molecule has 3 aromatic rings. The Bertz CT molecular complexity index is 1790. The van der Waals surface area contributed by atoms with Crippen molar-refractivity contribution in [3.8, 4) is 0 Å². The van der Waals surface area contributed by atoms with Crippen molar-refractivity contribution >= 4 is 48.0 Å². The van der Waals surface area contributed by atoms with Crippen molar-refractivity contribution in [3.63, 3.8) is 0 Å². The molecule has 0 spiro atoms. The van der Waals surface area contributed by atoms with Crippen LogP contribution in [0.2, 0.25) is 0 Å². The molecule has 0 unspecified atom stereocenters. The lowest BCUT2D eigenvalue weighted by atomic mass is 9.87. The second kappa shape index (κ2) is 12.1. The van der Waals surface area contributed by atoms with Crippen LogP contribution in [-0.2, 0) is 20.2 Å². The lowest BCUT2D eigenvalue weighted by Crippen LogP contribution is -2.21. The average Bonchev–Trinajstić information content (AvgIpc) is 2.94. The molecule has 216 valence electrons. The first kappa shape index (κ1) is 30.4. The number of rotatable bonds is 9. The molecule has 41 heavy (non-hydrogen) atoms. The predicted octanol–water partition coefficient (Wildman–Crippen LogP) is 5.03. The normalized spacial score (nSPS) is 13.6. The van der Waals surface area contributed by atoms with Gasteiger partial charge in [-0.05, 0) is 97.7 Å². The summed E-state index contributed by atoms with van der Waals surface area (Å²) in [5.74, 6) is 0. The third-order valence-corrected chi connectivity index (χ3v) is 9.04. The molecule has 10 heteroatoms. The number of hydrogen-bond acceptors (Lipinski definition) is 7. The Kier molecular flexibility index (Phi) is 8.98. The highest BCUT2D eigenvalue weighted by molar-refractivity contribution is 7.86. The Labute approximate surface area is 243 Å². The summed E-state index contributed by atoms with van der Waals surface area (Å²) >= 11 is 0. The van der Waals surface area contributed by atoms with E-state index in [-0.39, 0.29) is 12.4 Å². The van der Waals surface area contributed by atoms with Crippen LogP contribution in [0.15, 0.2) is 94.3 Å². The Balaban J connectivity index is 0.00000484. The summed E-state index contributed by atoms with van der Waals surface area (Å²) in [6, 6.07) is 14.0. The zero-order valence-electron chi connectivity index (χ0n) is 24.5. The molecule has 0 N–H and O–H groups in total. The lowest BCUT2D eigenvalue weighted by Gasteiger charge is -2.24. The van der Waals surface area contributed by atoms with E-state index in [2.05, 4.69) is 37.2 Å². The first-order chi connectivity index (χ1) is 19.4. The maximum atomic E-state index is 12.6. The van der Waals surface area contributed by atoms with Gasteiger partial charge in [-0.25, -0.2) is 21.4 Å². The van der Waals surface area contributed by atoms with Crippen LogP contribution < -0.4 is 4.90 Å². The van der Waals surface area contributed by atoms with E-state index in [1.54, 1.807) is 0 Å². The monoisotopic (exact) mass is 594 g/mol. The van der Waals surface area contributed by atoms with Crippen LogP contribution in [0.3, 0.4) is 0 Å². The summed E-state index contributed by atoms with van der Waals surface area (Å²) in [6.45, 7) is 11.4. The van der Waals surface area contributed by atoms with Gasteiger partial charge in [0.2, 0.25) is 0 Å². The number of hydrogen-bond donors (Lipinski definition) is 0. The number of anilines is 1. The third-order valence-electron chi connectivity index (χ3n) is 7.33. The summed E-state index contributed by atoms with van der Waals surface area (Å²) in [6.07, 6.45) is 7.57. The summed E-state index contributed by atoms with van der Waals surface area (Å²) in [5, 5.41) is 0.659. The fourth-order valence-electron chi connectivity index (χ4n) is 5.21. The van der Waals surface area contributed by atoms with Crippen molar-refractivity contribution in [3.05, 3.63) is 95.6 Å². The zero-order valence-corrected chi connectivity index (χ0v) is 25.1. The zero-order chi connectivity index (χ0) is 29.9. The Morgan fingerprint density at radius 3 is 1.88 bits per heavy atom. The first-order valence-electron chi connectivity index (χ1n) is 13.5. The molecular weight excluding hydrogens is 560 g/mol. The van der Waals surface area contributed by atoms with Crippen molar-refractivity contribution in [2.24, 2.45) is 0 Å². The molecular formula is C31H34N2O6S2. The van der Waals surface area contributed by atoms with Gasteiger partial charge in [0.25, 0.3) is 0 Å². The molecule has 0 radical (unpaired) electrons. The number of benzene rings is 3. The highest BCUT2D eigenvalue weighted by atomic mass is 32.2. The highest BCUT2D eigenvalue weighted by Crippen LogP contribution is 2.39. The summed E-state index contributed by atoms with van der Waals surface area (Å²) in [5.41, 5.74) is 3.69. The maximum absolute atomic E-state index is 12.6. The minimum atomic E-state index is -5.01. The van der Waals surface area contributed by atoms with E-state index in [9.17, 15) is 25.9 Å². The largest absolute Gasteiger partial charge is 1.00 e. The lowest BCUT2D eigenvalue weighted by molar-refractivity contribution is -0.519. The van der Waals surface area contributed by atoms with Gasteiger partial charge in [-0.1, -0.05) is 24.3 Å². The predicted molar refractivity (Wildman–Crippen MR) is 162 cm³/mol. The Hall–Kier alpha value is -3.57. The van der Waals surface area contributed by atoms with Gasteiger partial charge in [0.05, 0.1) is 9.79 Å². The Morgan fingerprint density at radius 1 is 0.780 bits per heavy atom. The smallest absolute Gasteiger partial charge is 0.744 e. The van der Waals surface area contributed by atoms with E-state index in [1.807, 2.05) is 48.6 Å². The minimum absolute atomic E-state index is 0. The molecule has 4 rings (SSSR count). The quantitative estimate of drug-likeness (QED) is 0.252. The van der Waals surface area contributed by atoms with E-state index in [0.717, 1.165) is 43.6 Å². The average molecular weight is 595 g/mol. The summed E-state index contributed by atoms with van der Waals surface area (Å²) in [4.78, 5) is 1.15. The number of nitrogens with zero attached hydrogens (tertiary/aromatic N) is 2. The number of fused-ring (bicyclic) bond motifs is 1. The third kappa shape index (κ3) is 6.36. The fraction of sp³-hybridized carbons (Fsp3) is 0.258. The van der Waals surface area contributed by atoms with Crippen molar-refractivity contribution < 1.29 is 31.9 Å². The Morgan fingerprint density at radius 2 is 1.37 bits per heavy atom. The molecule has 1 aliphatic rings. The van der Waals surface area contributed by atoms with Crippen molar-refractivity contribution in [1.82, 2.24) is 0 Å². The second-order valence-electron chi connectivity index (χ2n) is 9.54. The van der Waals surface area contributed by atoms with E-state index < -0.39 is 30.0 Å². The fourth-order valence-corrected chi connectivity index (χ4v) is 6.40. The molecule has 1 aliphatic carbocycles. The van der Waals surface area contributed by atoms with Crippen LogP contribution in [0, 0.1) is 0 Å². The van der Waals surface area contributed by atoms with Crippen LogP contribution in [-0.4, -0.2) is 62.4 Å². The topological polar surface area (TPSA) is 121 Å². The van der Waals surface area contributed by atoms with Gasteiger partial charge in [0.15, 0.2) is 5.71 Å². The van der Waals surface area contributed by atoms with Crippen molar-refractivity contribution in [2.75, 3.05) is 31.1 Å². The molecule has 0 saturated carbocycles. The van der Waals surface area contributed by atoms with Gasteiger partial charge in [0, 0.05) is 36.5 Å². The van der Waals surface area contributed by atoms with Crippen LogP contribution >= 0.6 is 0 Å². The van der Waals surface area contributed by atoms with E-state index in [0.29, 0.717) is 22.1 Å². The minimum Gasteiger partial charge on any atom is -0.744 e. The first-order valence-corrected chi connectivity index (χ1v) is 16.3. The second-order valence-corrected chi connectivity index (χ2v) is 12.3. The molecule has 0 bridgehead atoms. The summed E-state index contributed by atoms with van der Waals surface area (Å²) in [7, 11) is -9.86. The van der Waals surface area contributed by atoms with Gasteiger partial charge in [-0.3, -0.25) is 0 Å². The van der Waals surface area contributed by atoms with Crippen molar-refractivity contribution in [2.45, 2.75) is 37.5 Å². The standard InChI is InChI=1S/C31H34N2O6S2/c1-5-32(6-2)25-15-9-23(10-16-25)30(24-11-17-26(18-12-24)33(7-3)8-4)31-28-21-27(40(34,35)36)19-13-22(28)14-20-29(31)41(37,38)39/h9-21H,5-8H2,1-4H3,(H-,34,35,36,37,38,39). The van der Waals surface area contributed by atoms with Crippen LogP contribution in [0.25, 0.3) is 16.3 Å². The van der Waals surface area contributed by atoms with Gasteiger partial charge in [-0.15, -0.1) is 0 Å². The molecule has 8 nitrogen and oxygen atoms in total. The van der Waals surface area contributed by atoms with Gasteiger partial charge in [-0.2, -0.15) is 0 Å². The van der Waals surface area contributed by atoms with Gasteiger partial charge >= 0.3 is 1.43 Å². The molecule has 0 aliphatic heterocycles. The molecule has 0 amide bonds. The number of allylic oxidation sites excluding steroid dienone is 5. The molecule has 3 aromatic carbocycles. The highest BCUT2D eigenvalue weighted by Gasteiger charge is 2.22. The molecule has 0 atom stereocenters. The van der Waals surface area contributed by atoms with Crippen molar-refractivity contribution in [1.29, 1.82) is 0 Å². The van der Waals surface area contributed by atoms with Gasteiger partial charge < -0.3 is 14.0 Å². The van der Waals surface area contributed by atoms with Crippen LogP contribution in [0.5, 0.6) is 0 Å². The van der Waals surface area contributed by atoms with E-state index >= 15 is 0 Å².